The van der Waals surface area contributed by atoms with Gasteiger partial charge in [0.25, 0.3) is 11.6 Å². The highest BCUT2D eigenvalue weighted by molar-refractivity contribution is 6.09. The van der Waals surface area contributed by atoms with Crippen LogP contribution in [0.2, 0.25) is 0 Å². The van der Waals surface area contributed by atoms with Crippen LogP contribution in [0.15, 0.2) is 42.5 Å². The molecule has 0 spiro atoms. The lowest BCUT2D eigenvalue weighted by atomic mass is 9.76. The van der Waals surface area contributed by atoms with E-state index in [1.165, 1.54) is 23.1 Å². The molecule has 178 valence electrons. The number of nitrogens with zero attached hydrogens (tertiary/aromatic N) is 2. The average Bonchev–Trinajstić information content (AvgIpc) is 3.04. The van der Waals surface area contributed by atoms with Gasteiger partial charge in [-0.25, -0.2) is 0 Å². The highest BCUT2D eigenvalue weighted by atomic mass is 16.6. The number of imide groups is 1. The summed E-state index contributed by atoms with van der Waals surface area (Å²) in [6, 6.07) is 11.3. The van der Waals surface area contributed by atoms with Crippen LogP contribution in [0, 0.1) is 34.8 Å². The Labute approximate surface area is 197 Å². The number of nitrogens with one attached hydrogen (secondary N) is 2. The van der Waals surface area contributed by atoms with Crippen LogP contribution in [0.5, 0.6) is 0 Å². The molecular weight excluding hydrogens is 436 g/mol. The minimum Gasteiger partial charge on any atom is -0.383 e. The first-order chi connectivity index (χ1) is 16.3. The number of likely N-dealkylation sites (tertiary alicyclic amines) is 1. The molecule has 1 saturated carbocycles. The van der Waals surface area contributed by atoms with Gasteiger partial charge in [0.15, 0.2) is 0 Å². The number of nitro groups is 1. The van der Waals surface area contributed by atoms with Crippen LogP contribution in [-0.2, 0) is 9.59 Å². The zero-order valence-corrected chi connectivity index (χ0v) is 19.2. The summed E-state index contributed by atoms with van der Waals surface area (Å²) in [5.41, 5.74) is 1.76. The Hall–Kier alpha value is -3.75. The fraction of sp³-hybridized carbons (Fsp3) is 0.400. The molecule has 1 aliphatic carbocycles. The Morgan fingerprint density at radius 1 is 1.09 bits per heavy atom. The Morgan fingerprint density at radius 3 is 2.56 bits per heavy atom. The summed E-state index contributed by atoms with van der Waals surface area (Å²) in [6.45, 7) is 4.37. The first kappa shape index (κ1) is 23.4. The van der Waals surface area contributed by atoms with Gasteiger partial charge in [0, 0.05) is 36.6 Å². The maximum absolute atomic E-state index is 13.0. The smallest absolute Gasteiger partial charge is 0.270 e. The molecule has 9 heteroatoms. The first-order valence-corrected chi connectivity index (χ1v) is 11.5. The highest BCUT2D eigenvalue weighted by Crippen LogP contribution is 2.40. The molecule has 1 heterocycles. The molecule has 2 aliphatic rings. The summed E-state index contributed by atoms with van der Waals surface area (Å²) < 4.78 is 0. The van der Waals surface area contributed by atoms with Crippen LogP contribution in [0.3, 0.4) is 0 Å². The molecule has 0 aromatic heterocycles. The maximum Gasteiger partial charge on any atom is 0.270 e. The van der Waals surface area contributed by atoms with Crippen LogP contribution < -0.4 is 10.6 Å². The van der Waals surface area contributed by atoms with Gasteiger partial charge < -0.3 is 10.6 Å². The molecule has 34 heavy (non-hydrogen) atoms. The number of rotatable bonds is 7. The maximum atomic E-state index is 13.0. The van der Waals surface area contributed by atoms with E-state index in [4.69, 9.17) is 0 Å². The zero-order chi connectivity index (χ0) is 24.4. The predicted molar refractivity (Wildman–Crippen MR) is 127 cm³/mol. The molecule has 2 aromatic rings. The van der Waals surface area contributed by atoms with Gasteiger partial charge in [0.2, 0.25) is 11.8 Å². The van der Waals surface area contributed by atoms with Crippen molar-refractivity contribution in [1.29, 1.82) is 0 Å². The summed E-state index contributed by atoms with van der Waals surface area (Å²) in [5.74, 6) is -0.751. The van der Waals surface area contributed by atoms with E-state index in [1.807, 2.05) is 19.1 Å². The van der Waals surface area contributed by atoms with Crippen molar-refractivity contribution in [3.05, 3.63) is 63.7 Å². The minimum absolute atomic E-state index is 0.110. The molecule has 2 aromatic carbocycles. The van der Waals surface area contributed by atoms with Crippen molar-refractivity contribution in [2.24, 2.45) is 17.8 Å². The quantitative estimate of drug-likeness (QED) is 0.363. The Bertz CT molecular complexity index is 1150. The number of hydrogen-bond donors (Lipinski definition) is 2. The van der Waals surface area contributed by atoms with E-state index in [1.54, 1.807) is 12.1 Å². The number of benzene rings is 2. The van der Waals surface area contributed by atoms with Crippen molar-refractivity contribution in [2.75, 3.05) is 23.7 Å². The molecule has 0 bridgehead atoms. The fourth-order valence-corrected chi connectivity index (χ4v) is 4.87. The molecule has 4 rings (SSSR count). The summed E-state index contributed by atoms with van der Waals surface area (Å²) in [6.07, 6.45) is 2.44. The number of fused-ring (bicyclic) bond motifs is 1. The second-order valence-corrected chi connectivity index (χ2v) is 9.14. The van der Waals surface area contributed by atoms with Crippen molar-refractivity contribution in [2.45, 2.75) is 33.1 Å². The molecule has 1 saturated heterocycles. The average molecular weight is 465 g/mol. The van der Waals surface area contributed by atoms with E-state index in [-0.39, 0.29) is 48.0 Å². The second-order valence-electron chi connectivity index (χ2n) is 9.14. The summed E-state index contributed by atoms with van der Waals surface area (Å²) in [5, 5.41) is 17.2. The summed E-state index contributed by atoms with van der Waals surface area (Å²) in [4.78, 5) is 50.6. The zero-order valence-electron chi connectivity index (χ0n) is 19.2. The molecule has 2 fully saturated rings. The molecule has 9 nitrogen and oxygen atoms in total. The van der Waals surface area contributed by atoms with E-state index in [0.29, 0.717) is 17.3 Å². The van der Waals surface area contributed by atoms with Gasteiger partial charge in [0.05, 0.1) is 22.3 Å². The van der Waals surface area contributed by atoms with Crippen molar-refractivity contribution in [3.63, 3.8) is 0 Å². The van der Waals surface area contributed by atoms with Gasteiger partial charge in [-0.05, 0) is 49.8 Å². The van der Waals surface area contributed by atoms with Gasteiger partial charge in [-0.3, -0.25) is 29.4 Å². The molecule has 3 amide bonds. The highest BCUT2D eigenvalue weighted by Gasteiger charge is 2.49. The molecule has 1 aliphatic heterocycles. The third kappa shape index (κ3) is 4.64. The van der Waals surface area contributed by atoms with E-state index >= 15 is 0 Å². The van der Waals surface area contributed by atoms with Gasteiger partial charge >= 0.3 is 0 Å². The number of aryl methyl sites for hydroxylation is 1. The predicted octanol–water partition coefficient (Wildman–Crippen LogP) is 3.99. The topological polar surface area (TPSA) is 122 Å². The second kappa shape index (κ2) is 9.62. The van der Waals surface area contributed by atoms with Gasteiger partial charge in [0.1, 0.15) is 0 Å². The number of non-ortho nitro benzene ring substituents is 1. The fourth-order valence-electron chi connectivity index (χ4n) is 4.87. The van der Waals surface area contributed by atoms with Crippen molar-refractivity contribution in [3.8, 4) is 0 Å². The van der Waals surface area contributed by atoms with E-state index in [0.717, 1.165) is 24.8 Å². The molecule has 2 N–H and O–H groups in total. The number of carbonyl (C=O) groups is 3. The molecule has 0 radical (unpaired) electrons. The van der Waals surface area contributed by atoms with Gasteiger partial charge in [-0.15, -0.1) is 0 Å². The van der Waals surface area contributed by atoms with Gasteiger partial charge in [-0.2, -0.15) is 0 Å². The van der Waals surface area contributed by atoms with E-state index in [9.17, 15) is 24.5 Å². The molecular formula is C25H28N4O5. The SMILES string of the molecule is Cc1ccccc1NC(=O)c1cc([N+](=O)[O-])ccc1NCCN1C(=O)[C@@H]2CC[C@@H](C)C[C@H]2C1=O. The Balaban J connectivity index is 1.48. The lowest BCUT2D eigenvalue weighted by molar-refractivity contribution is -0.384. The normalized spacial score (nSPS) is 21.8. The monoisotopic (exact) mass is 464 g/mol. The van der Waals surface area contributed by atoms with Crippen LogP contribution in [-0.4, -0.2) is 40.6 Å². The van der Waals surface area contributed by atoms with Crippen LogP contribution in [0.4, 0.5) is 17.1 Å². The number of amides is 3. The Kier molecular flexibility index (Phi) is 6.63. The first-order valence-electron chi connectivity index (χ1n) is 11.5. The standard InChI is InChI=1S/C25H28N4O5/c1-15-7-9-18-19(13-15)25(32)28(24(18)31)12-11-26-22-10-8-17(29(33)34)14-20(22)23(30)27-21-6-4-3-5-16(21)2/h3-6,8,10,14-15,18-19,26H,7,9,11-13H2,1-2H3,(H,27,30)/t15-,18-,19-/m1/s1. The number of para-hydroxylation sites is 1. The third-order valence-corrected chi connectivity index (χ3v) is 6.78. The summed E-state index contributed by atoms with van der Waals surface area (Å²) >= 11 is 0. The molecule has 0 unspecified atom stereocenters. The van der Waals surface area contributed by atoms with Crippen molar-refractivity contribution in [1.82, 2.24) is 4.90 Å². The Morgan fingerprint density at radius 2 is 1.82 bits per heavy atom. The minimum atomic E-state index is -0.557. The number of carbonyl (C=O) groups excluding carboxylic acids is 3. The van der Waals surface area contributed by atoms with E-state index < -0.39 is 10.8 Å². The lowest BCUT2D eigenvalue weighted by Gasteiger charge is -2.25. The molecule has 3 atom stereocenters. The van der Waals surface area contributed by atoms with Crippen LogP contribution in [0.1, 0.15) is 42.1 Å². The van der Waals surface area contributed by atoms with Crippen molar-refractivity contribution < 1.29 is 19.3 Å². The van der Waals surface area contributed by atoms with Crippen molar-refractivity contribution >= 4 is 34.8 Å². The van der Waals surface area contributed by atoms with Gasteiger partial charge in [-0.1, -0.05) is 25.1 Å². The third-order valence-electron chi connectivity index (χ3n) is 6.78. The van der Waals surface area contributed by atoms with Crippen LogP contribution >= 0.6 is 0 Å². The van der Waals surface area contributed by atoms with Crippen LogP contribution in [0.25, 0.3) is 0 Å². The summed E-state index contributed by atoms with van der Waals surface area (Å²) in [7, 11) is 0. The number of hydrogen-bond acceptors (Lipinski definition) is 6. The largest absolute Gasteiger partial charge is 0.383 e. The lowest BCUT2D eigenvalue weighted by Crippen LogP contribution is -2.35. The number of nitro benzene ring substituents is 1. The number of anilines is 2. The van der Waals surface area contributed by atoms with E-state index in [2.05, 4.69) is 17.6 Å².